The Labute approximate surface area is 91.9 Å². The van der Waals surface area contributed by atoms with Gasteiger partial charge in [-0.2, -0.15) is 5.10 Å². The number of nitrogens with zero attached hydrogens (tertiary/aromatic N) is 2. The summed E-state index contributed by atoms with van der Waals surface area (Å²) in [6, 6.07) is 3.33. The molecule has 84 valence electrons. The maximum absolute atomic E-state index is 4.34. The standard InChI is InChI=1S/C12H21N3/c1-2-7-13-11-5-3-6-12(10-11)15-9-4-8-14-15/h4,8-9,11-13H,2-3,5-7,10H2,1H3. The minimum atomic E-state index is 0.614. The maximum atomic E-state index is 4.34. The van der Waals surface area contributed by atoms with Crippen molar-refractivity contribution in [2.24, 2.45) is 0 Å². The summed E-state index contributed by atoms with van der Waals surface area (Å²) in [5, 5.41) is 7.97. The second-order valence-electron chi connectivity index (χ2n) is 4.46. The van der Waals surface area contributed by atoms with Crippen LogP contribution in [-0.2, 0) is 0 Å². The van der Waals surface area contributed by atoms with E-state index in [-0.39, 0.29) is 0 Å². The highest BCUT2D eigenvalue weighted by molar-refractivity contribution is 4.86. The van der Waals surface area contributed by atoms with Crippen molar-refractivity contribution in [2.45, 2.75) is 51.1 Å². The number of nitrogens with one attached hydrogen (secondary N) is 1. The highest BCUT2D eigenvalue weighted by Gasteiger charge is 2.22. The molecule has 1 aromatic heterocycles. The van der Waals surface area contributed by atoms with E-state index < -0.39 is 0 Å². The third kappa shape index (κ3) is 2.81. The van der Waals surface area contributed by atoms with E-state index in [2.05, 4.69) is 28.2 Å². The molecule has 2 atom stereocenters. The topological polar surface area (TPSA) is 29.9 Å². The molecule has 15 heavy (non-hydrogen) atoms. The van der Waals surface area contributed by atoms with E-state index in [1.54, 1.807) is 0 Å². The van der Waals surface area contributed by atoms with E-state index in [4.69, 9.17) is 0 Å². The van der Waals surface area contributed by atoms with Gasteiger partial charge in [-0.3, -0.25) is 4.68 Å². The lowest BCUT2D eigenvalue weighted by molar-refractivity contribution is 0.270. The molecule has 1 heterocycles. The van der Waals surface area contributed by atoms with Crippen LogP contribution in [0.4, 0.5) is 0 Å². The summed E-state index contributed by atoms with van der Waals surface area (Å²) in [5.74, 6) is 0. The van der Waals surface area contributed by atoms with Gasteiger partial charge in [-0.15, -0.1) is 0 Å². The Morgan fingerprint density at radius 1 is 1.47 bits per heavy atom. The van der Waals surface area contributed by atoms with Gasteiger partial charge in [0.1, 0.15) is 0 Å². The lowest BCUT2D eigenvalue weighted by Gasteiger charge is -2.30. The average Bonchev–Trinajstić information content (AvgIpc) is 2.80. The second kappa shape index (κ2) is 5.31. The van der Waals surface area contributed by atoms with Crippen molar-refractivity contribution < 1.29 is 0 Å². The van der Waals surface area contributed by atoms with Crippen LogP contribution < -0.4 is 5.32 Å². The van der Waals surface area contributed by atoms with Gasteiger partial charge in [-0.1, -0.05) is 6.92 Å². The largest absolute Gasteiger partial charge is 0.314 e. The fraction of sp³-hybridized carbons (Fsp3) is 0.750. The molecule has 2 unspecified atom stereocenters. The molecule has 2 rings (SSSR count). The molecule has 1 N–H and O–H groups in total. The first-order valence-corrected chi connectivity index (χ1v) is 6.12. The van der Waals surface area contributed by atoms with Crippen molar-refractivity contribution in [3.05, 3.63) is 18.5 Å². The van der Waals surface area contributed by atoms with E-state index in [0.717, 1.165) is 6.54 Å². The molecular weight excluding hydrogens is 186 g/mol. The van der Waals surface area contributed by atoms with Gasteiger partial charge >= 0.3 is 0 Å². The molecular formula is C12H21N3. The Balaban J connectivity index is 1.87. The minimum absolute atomic E-state index is 0.614. The Bertz CT molecular complexity index is 268. The van der Waals surface area contributed by atoms with Gasteiger partial charge < -0.3 is 5.32 Å². The lowest BCUT2D eigenvalue weighted by atomic mass is 9.91. The fourth-order valence-corrected chi connectivity index (χ4v) is 2.43. The second-order valence-corrected chi connectivity index (χ2v) is 4.46. The van der Waals surface area contributed by atoms with E-state index in [9.17, 15) is 0 Å². The van der Waals surface area contributed by atoms with Gasteiger partial charge in [0.2, 0.25) is 0 Å². The van der Waals surface area contributed by atoms with Crippen molar-refractivity contribution in [1.29, 1.82) is 0 Å². The van der Waals surface area contributed by atoms with Crippen molar-refractivity contribution in [2.75, 3.05) is 6.54 Å². The fourth-order valence-electron chi connectivity index (χ4n) is 2.43. The zero-order valence-electron chi connectivity index (χ0n) is 9.52. The van der Waals surface area contributed by atoms with Crippen LogP contribution in [-0.4, -0.2) is 22.4 Å². The van der Waals surface area contributed by atoms with Gasteiger partial charge in [-0.25, -0.2) is 0 Å². The number of aromatic nitrogens is 2. The predicted molar refractivity (Wildman–Crippen MR) is 61.8 cm³/mol. The molecule has 1 fully saturated rings. The summed E-state index contributed by atoms with van der Waals surface area (Å²) >= 11 is 0. The van der Waals surface area contributed by atoms with Gasteiger partial charge in [0.25, 0.3) is 0 Å². The summed E-state index contributed by atoms with van der Waals surface area (Å²) in [6.07, 6.45) is 10.4. The first kappa shape index (κ1) is 10.7. The van der Waals surface area contributed by atoms with Crippen LogP contribution in [0.5, 0.6) is 0 Å². The number of rotatable bonds is 4. The molecule has 1 saturated carbocycles. The molecule has 1 aliphatic carbocycles. The molecule has 1 aliphatic rings. The van der Waals surface area contributed by atoms with Crippen molar-refractivity contribution >= 4 is 0 Å². The van der Waals surface area contributed by atoms with E-state index >= 15 is 0 Å². The SMILES string of the molecule is CCCNC1CCCC(n2cccn2)C1. The molecule has 0 aromatic carbocycles. The molecule has 1 aromatic rings. The molecule has 0 amide bonds. The quantitative estimate of drug-likeness (QED) is 0.821. The molecule has 0 aliphatic heterocycles. The molecule has 3 nitrogen and oxygen atoms in total. The van der Waals surface area contributed by atoms with Gasteiger partial charge in [0, 0.05) is 18.4 Å². The van der Waals surface area contributed by atoms with Crippen LogP contribution in [0.15, 0.2) is 18.5 Å². The Morgan fingerprint density at radius 3 is 3.13 bits per heavy atom. The molecule has 0 spiro atoms. The summed E-state index contributed by atoms with van der Waals surface area (Å²) in [5.41, 5.74) is 0. The van der Waals surface area contributed by atoms with Gasteiger partial charge in [0.05, 0.1) is 6.04 Å². The smallest absolute Gasteiger partial charge is 0.0534 e. The van der Waals surface area contributed by atoms with Crippen LogP contribution in [0, 0.1) is 0 Å². The van der Waals surface area contributed by atoms with E-state index in [1.807, 2.05) is 12.3 Å². The molecule has 0 saturated heterocycles. The average molecular weight is 207 g/mol. The maximum Gasteiger partial charge on any atom is 0.0534 e. The van der Waals surface area contributed by atoms with Crippen molar-refractivity contribution in [3.63, 3.8) is 0 Å². The molecule has 0 bridgehead atoms. The predicted octanol–water partition coefficient (Wildman–Crippen LogP) is 2.37. The Hall–Kier alpha value is -0.830. The van der Waals surface area contributed by atoms with Crippen molar-refractivity contribution in [1.82, 2.24) is 15.1 Å². The molecule has 3 heteroatoms. The van der Waals surface area contributed by atoms with E-state index in [1.165, 1.54) is 32.1 Å². The Kier molecular flexibility index (Phi) is 3.78. The highest BCUT2D eigenvalue weighted by Crippen LogP contribution is 2.27. The zero-order valence-corrected chi connectivity index (χ0v) is 9.52. The number of hydrogen-bond acceptors (Lipinski definition) is 2. The first-order chi connectivity index (χ1) is 7.40. The zero-order chi connectivity index (χ0) is 10.5. The third-order valence-electron chi connectivity index (χ3n) is 3.23. The van der Waals surface area contributed by atoms with Crippen LogP contribution in [0.3, 0.4) is 0 Å². The van der Waals surface area contributed by atoms with Crippen LogP contribution in [0.1, 0.15) is 45.1 Å². The monoisotopic (exact) mass is 207 g/mol. The third-order valence-corrected chi connectivity index (χ3v) is 3.23. The highest BCUT2D eigenvalue weighted by atomic mass is 15.3. The molecule has 0 radical (unpaired) electrons. The lowest BCUT2D eigenvalue weighted by Crippen LogP contribution is -2.35. The summed E-state index contributed by atoms with van der Waals surface area (Å²) < 4.78 is 2.12. The van der Waals surface area contributed by atoms with Crippen molar-refractivity contribution in [3.8, 4) is 0 Å². The minimum Gasteiger partial charge on any atom is -0.314 e. The summed E-state index contributed by atoms with van der Waals surface area (Å²) in [4.78, 5) is 0. The normalized spacial score (nSPS) is 26.7. The van der Waals surface area contributed by atoms with Crippen LogP contribution >= 0.6 is 0 Å². The Morgan fingerprint density at radius 2 is 2.40 bits per heavy atom. The number of hydrogen-bond donors (Lipinski definition) is 1. The van der Waals surface area contributed by atoms with Crippen LogP contribution in [0.25, 0.3) is 0 Å². The first-order valence-electron chi connectivity index (χ1n) is 6.12. The van der Waals surface area contributed by atoms with Gasteiger partial charge in [0.15, 0.2) is 0 Å². The van der Waals surface area contributed by atoms with Crippen LogP contribution in [0.2, 0.25) is 0 Å². The van der Waals surface area contributed by atoms with E-state index in [0.29, 0.717) is 12.1 Å². The summed E-state index contributed by atoms with van der Waals surface area (Å²) in [6.45, 7) is 3.37. The summed E-state index contributed by atoms with van der Waals surface area (Å²) in [7, 11) is 0. The van der Waals surface area contributed by atoms with Gasteiger partial charge in [-0.05, 0) is 44.7 Å².